The van der Waals surface area contributed by atoms with E-state index in [0.717, 1.165) is 18.7 Å². The molecule has 1 unspecified atom stereocenters. The van der Waals surface area contributed by atoms with Crippen LogP contribution in [0.4, 0.5) is 0 Å². The average Bonchev–Trinajstić information content (AvgIpc) is 2.85. The van der Waals surface area contributed by atoms with Crippen LogP contribution in [-0.4, -0.2) is 4.98 Å². The van der Waals surface area contributed by atoms with Crippen molar-refractivity contribution < 1.29 is 4.42 Å². The summed E-state index contributed by atoms with van der Waals surface area (Å²) >= 11 is 0. The third kappa shape index (κ3) is 1.07. The van der Waals surface area contributed by atoms with Crippen LogP contribution >= 0.6 is 0 Å². The van der Waals surface area contributed by atoms with Crippen LogP contribution in [0.5, 0.6) is 0 Å². The van der Waals surface area contributed by atoms with E-state index in [1.165, 1.54) is 11.1 Å². The highest BCUT2D eigenvalue weighted by Crippen LogP contribution is 2.36. The molecule has 2 aromatic rings. The number of fused-ring (bicyclic) bond motifs is 1. The number of oxazole rings is 1. The van der Waals surface area contributed by atoms with Gasteiger partial charge in [-0.3, -0.25) is 0 Å². The number of benzene rings is 1. The first-order valence-electron chi connectivity index (χ1n) is 4.92. The third-order valence-corrected chi connectivity index (χ3v) is 2.88. The minimum Gasteiger partial charge on any atom is -0.448 e. The molecule has 3 rings (SSSR count). The molecule has 14 heavy (non-hydrogen) atoms. The van der Waals surface area contributed by atoms with Gasteiger partial charge in [-0.1, -0.05) is 24.3 Å². The largest absolute Gasteiger partial charge is 0.448 e. The zero-order valence-electron chi connectivity index (χ0n) is 7.81. The molecule has 2 nitrogen and oxygen atoms in total. The van der Waals surface area contributed by atoms with Gasteiger partial charge in [0.15, 0.2) is 0 Å². The summed E-state index contributed by atoms with van der Waals surface area (Å²) in [5.41, 5.74) is 2.82. The molecule has 0 saturated carbocycles. The first-order valence-corrected chi connectivity index (χ1v) is 4.92. The highest BCUT2D eigenvalue weighted by molar-refractivity contribution is 5.37. The Morgan fingerprint density at radius 1 is 1.29 bits per heavy atom. The van der Waals surface area contributed by atoms with Crippen molar-refractivity contribution in [3.8, 4) is 0 Å². The SMILES string of the molecule is c1ccc2c(c1)CCC2c1ncco1. The second-order valence-corrected chi connectivity index (χ2v) is 3.66. The lowest BCUT2D eigenvalue weighted by Crippen LogP contribution is -1.95. The molecule has 70 valence electrons. The molecule has 1 aliphatic carbocycles. The van der Waals surface area contributed by atoms with E-state index in [1.807, 2.05) is 0 Å². The summed E-state index contributed by atoms with van der Waals surface area (Å²) in [6, 6.07) is 8.55. The summed E-state index contributed by atoms with van der Waals surface area (Å²) in [5.74, 6) is 1.23. The lowest BCUT2D eigenvalue weighted by molar-refractivity contribution is 0.468. The van der Waals surface area contributed by atoms with Crippen molar-refractivity contribution in [2.24, 2.45) is 0 Å². The Kier molecular flexibility index (Phi) is 1.66. The maximum absolute atomic E-state index is 5.36. The van der Waals surface area contributed by atoms with Crippen molar-refractivity contribution in [2.45, 2.75) is 18.8 Å². The van der Waals surface area contributed by atoms with Crippen molar-refractivity contribution in [3.05, 3.63) is 53.7 Å². The maximum Gasteiger partial charge on any atom is 0.201 e. The number of hydrogen-bond acceptors (Lipinski definition) is 2. The minimum absolute atomic E-state index is 0.376. The summed E-state index contributed by atoms with van der Waals surface area (Å²) in [6.07, 6.45) is 5.63. The molecular weight excluding hydrogens is 174 g/mol. The fraction of sp³-hybridized carbons (Fsp3) is 0.250. The molecule has 0 radical (unpaired) electrons. The Balaban J connectivity index is 2.06. The zero-order chi connectivity index (χ0) is 9.38. The van der Waals surface area contributed by atoms with Crippen LogP contribution in [0, 0.1) is 0 Å². The van der Waals surface area contributed by atoms with Gasteiger partial charge in [-0.15, -0.1) is 0 Å². The van der Waals surface area contributed by atoms with Crippen LogP contribution in [0.2, 0.25) is 0 Å². The molecule has 0 spiro atoms. The van der Waals surface area contributed by atoms with Gasteiger partial charge < -0.3 is 4.42 Å². The monoisotopic (exact) mass is 185 g/mol. The Labute approximate surface area is 82.6 Å². The maximum atomic E-state index is 5.36. The van der Waals surface area contributed by atoms with E-state index in [9.17, 15) is 0 Å². The second-order valence-electron chi connectivity index (χ2n) is 3.66. The number of hydrogen-bond donors (Lipinski definition) is 0. The molecule has 1 heterocycles. The summed E-state index contributed by atoms with van der Waals surface area (Å²) in [6.45, 7) is 0. The van der Waals surface area contributed by atoms with Gasteiger partial charge in [0, 0.05) is 0 Å². The Bertz CT molecular complexity index is 433. The van der Waals surface area contributed by atoms with E-state index in [2.05, 4.69) is 29.2 Å². The number of rotatable bonds is 1. The van der Waals surface area contributed by atoms with Gasteiger partial charge in [0.25, 0.3) is 0 Å². The molecule has 0 bridgehead atoms. The lowest BCUT2D eigenvalue weighted by Gasteiger charge is -2.05. The topological polar surface area (TPSA) is 26.0 Å². The highest BCUT2D eigenvalue weighted by atomic mass is 16.3. The molecule has 0 aliphatic heterocycles. The van der Waals surface area contributed by atoms with Gasteiger partial charge in [0.2, 0.25) is 5.89 Å². The molecule has 1 aromatic carbocycles. The molecule has 2 heteroatoms. The molecule has 1 atom stereocenters. The smallest absolute Gasteiger partial charge is 0.201 e. The van der Waals surface area contributed by atoms with Crippen LogP contribution < -0.4 is 0 Å². The summed E-state index contributed by atoms with van der Waals surface area (Å²) in [5, 5.41) is 0. The zero-order valence-corrected chi connectivity index (χ0v) is 7.81. The van der Waals surface area contributed by atoms with Crippen molar-refractivity contribution in [1.29, 1.82) is 0 Å². The first-order chi connectivity index (χ1) is 6.95. The van der Waals surface area contributed by atoms with Gasteiger partial charge in [-0.25, -0.2) is 4.98 Å². The van der Waals surface area contributed by atoms with Gasteiger partial charge >= 0.3 is 0 Å². The molecule has 0 N–H and O–H groups in total. The van der Waals surface area contributed by atoms with Crippen molar-refractivity contribution in [2.75, 3.05) is 0 Å². The van der Waals surface area contributed by atoms with E-state index in [0.29, 0.717) is 5.92 Å². The second kappa shape index (κ2) is 2.98. The third-order valence-electron chi connectivity index (χ3n) is 2.88. The summed E-state index contributed by atoms with van der Waals surface area (Å²) < 4.78 is 5.36. The fourth-order valence-electron chi connectivity index (χ4n) is 2.22. The van der Waals surface area contributed by atoms with Crippen LogP contribution in [0.3, 0.4) is 0 Å². The van der Waals surface area contributed by atoms with Crippen LogP contribution in [0.15, 0.2) is 41.1 Å². The number of aryl methyl sites for hydroxylation is 1. The predicted molar refractivity (Wildman–Crippen MR) is 53.1 cm³/mol. The molecule has 0 fully saturated rings. The van der Waals surface area contributed by atoms with E-state index in [4.69, 9.17) is 4.42 Å². The minimum atomic E-state index is 0.376. The summed E-state index contributed by atoms with van der Waals surface area (Å²) in [4.78, 5) is 4.23. The van der Waals surface area contributed by atoms with Crippen LogP contribution in [0.1, 0.15) is 29.4 Å². The van der Waals surface area contributed by atoms with Gasteiger partial charge in [-0.05, 0) is 24.0 Å². The van der Waals surface area contributed by atoms with E-state index >= 15 is 0 Å². The molecule has 1 aromatic heterocycles. The van der Waals surface area contributed by atoms with Crippen LogP contribution in [0.25, 0.3) is 0 Å². The quantitative estimate of drug-likeness (QED) is 0.682. The highest BCUT2D eigenvalue weighted by Gasteiger charge is 2.26. The van der Waals surface area contributed by atoms with Crippen molar-refractivity contribution >= 4 is 0 Å². The van der Waals surface area contributed by atoms with Crippen LogP contribution in [-0.2, 0) is 6.42 Å². The standard InChI is InChI=1S/C12H11NO/c1-2-4-10-9(3-1)5-6-11(10)12-13-7-8-14-12/h1-4,7-8,11H,5-6H2. The first kappa shape index (κ1) is 7.80. The summed E-state index contributed by atoms with van der Waals surface area (Å²) in [7, 11) is 0. The Hall–Kier alpha value is -1.57. The number of nitrogens with zero attached hydrogens (tertiary/aromatic N) is 1. The van der Waals surface area contributed by atoms with E-state index in [-0.39, 0.29) is 0 Å². The molecule has 1 aliphatic rings. The van der Waals surface area contributed by atoms with Gasteiger partial charge in [0.05, 0.1) is 12.1 Å². The normalized spacial score (nSPS) is 19.6. The van der Waals surface area contributed by atoms with E-state index < -0.39 is 0 Å². The Morgan fingerprint density at radius 3 is 3.07 bits per heavy atom. The predicted octanol–water partition coefficient (Wildman–Crippen LogP) is 2.75. The average molecular weight is 185 g/mol. The lowest BCUT2D eigenvalue weighted by atomic mass is 10.0. The number of aromatic nitrogens is 1. The molecule has 0 saturated heterocycles. The van der Waals surface area contributed by atoms with Gasteiger partial charge in [-0.2, -0.15) is 0 Å². The van der Waals surface area contributed by atoms with Crippen molar-refractivity contribution in [1.82, 2.24) is 4.98 Å². The molecule has 0 amide bonds. The molecular formula is C12H11NO. The Morgan fingerprint density at radius 2 is 2.21 bits per heavy atom. The fourth-order valence-corrected chi connectivity index (χ4v) is 2.22. The van der Waals surface area contributed by atoms with Gasteiger partial charge in [0.1, 0.15) is 6.26 Å². The van der Waals surface area contributed by atoms with Crippen molar-refractivity contribution in [3.63, 3.8) is 0 Å². The van der Waals surface area contributed by atoms with E-state index in [1.54, 1.807) is 12.5 Å².